The van der Waals surface area contributed by atoms with Crippen molar-refractivity contribution < 1.29 is 9.13 Å². The highest BCUT2D eigenvalue weighted by atomic mass is 19.1. The van der Waals surface area contributed by atoms with E-state index in [4.69, 9.17) is 10.5 Å². The molecule has 1 aliphatic rings. The van der Waals surface area contributed by atoms with E-state index in [-0.39, 0.29) is 17.7 Å². The molecule has 0 amide bonds. The summed E-state index contributed by atoms with van der Waals surface area (Å²) >= 11 is 0. The first-order valence-corrected chi connectivity index (χ1v) is 4.98. The van der Waals surface area contributed by atoms with E-state index in [1.165, 1.54) is 18.9 Å². The van der Waals surface area contributed by atoms with Crippen molar-refractivity contribution in [2.75, 3.05) is 5.73 Å². The predicted octanol–water partition coefficient (Wildman–Crippen LogP) is 2.73. The number of halogens is 1. The minimum atomic E-state index is -0.364. The van der Waals surface area contributed by atoms with Gasteiger partial charge < -0.3 is 10.5 Å². The standard InChI is InChI=1S/C11H14FNO/c12-9-6-3-7-10(13)11(9)14-8-4-1-2-5-8/h3,6-8H,1-2,4-5,13H2. The summed E-state index contributed by atoms with van der Waals surface area (Å²) in [6.45, 7) is 0. The van der Waals surface area contributed by atoms with Crippen LogP contribution in [0.25, 0.3) is 0 Å². The molecule has 1 aliphatic carbocycles. The Kier molecular flexibility index (Phi) is 2.57. The largest absolute Gasteiger partial charge is 0.485 e. The number of benzene rings is 1. The van der Waals surface area contributed by atoms with Gasteiger partial charge in [0.15, 0.2) is 11.6 Å². The highest BCUT2D eigenvalue weighted by Crippen LogP contribution is 2.30. The van der Waals surface area contributed by atoms with Gasteiger partial charge in [-0.05, 0) is 37.8 Å². The Hall–Kier alpha value is -1.25. The van der Waals surface area contributed by atoms with Crippen LogP contribution < -0.4 is 10.5 Å². The summed E-state index contributed by atoms with van der Waals surface area (Å²) in [6.07, 6.45) is 4.49. The van der Waals surface area contributed by atoms with Gasteiger partial charge in [-0.2, -0.15) is 0 Å². The molecule has 0 heterocycles. The molecule has 0 radical (unpaired) electrons. The van der Waals surface area contributed by atoms with Crippen molar-refractivity contribution in [2.24, 2.45) is 0 Å². The molecule has 1 aromatic rings. The Balaban J connectivity index is 2.14. The fourth-order valence-electron chi connectivity index (χ4n) is 1.82. The number of anilines is 1. The lowest BCUT2D eigenvalue weighted by Crippen LogP contribution is -2.13. The molecule has 0 unspecified atom stereocenters. The smallest absolute Gasteiger partial charge is 0.178 e. The second-order valence-corrected chi connectivity index (χ2v) is 3.68. The molecule has 1 aromatic carbocycles. The maximum Gasteiger partial charge on any atom is 0.178 e. The minimum absolute atomic E-state index is 0.147. The van der Waals surface area contributed by atoms with Gasteiger partial charge in [0.1, 0.15) is 0 Å². The van der Waals surface area contributed by atoms with Crippen molar-refractivity contribution in [3.8, 4) is 5.75 Å². The van der Waals surface area contributed by atoms with Crippen molar-refractivity contribution in [1.82, 2.24) is 0 Å². The number of nitrogens with two attached hydrogens (primary N) is 1. The first-order chi connectivity index (χ1) is 6.77. The van der Waals surface area contributed by atoms with Crippen LogP contribution in [0.5, 0.6) is 5.75 Å². The van der Waals surface area contributed by atoms with Gasteiger partial charge in [-0.1, -0.05) is 6.07 Å². The van der Waals surface area contributed by atoms with Crippen molar-refractivity contribution in [3.63, 3.8) is 0 Å². The van der Waals surface area contributed by atoms with Gasteiger partial charge in [0.05, 0.1) is 11.8 Å². The monoisotopic (exact) mass is 195 g/mol. The van der Waals surface area contributed by atoms with Crippen LogP contribution >= 0.6 is 0 Å². The molecule has 1 saturated carbocycles. The Morgan fingerprint density at radius 3 is 2.64 bits per heavy atom. The third kappa shape index (κ3) is 1.81. The van der Waals surface area contributed by atoms with Crippen LogP contribution in [0.4, 0.5) is 10.1 Å². The van der Waals surface area contributed by atoms with Crippen molar-refractivity contribution in [3.05, 3.63) is 24.0 Å². The molecule has 0 aliphatic heterocycles. The molecule has 0 aromatic heterocycles. The molecule has 76 valence electrons. The molecule has 2 nitrogen and oxygen atoms in total. The van der Waals surface area contributed by atoms with Gasteiger partial charge in [0, 0.05) is 0 Å². The third-order valence-electron chi connectivity index (χ3n) is 2.58. The van der Waals surface area contributed by atoms with Crippen molar-refractivity contribution in [1.29, 1.82) is 0 Å². The van der Waals surface area contributed by atoms with Crippen LogP contribution in [0.2, 0.25) is 0 Å². The second-order valence-electron chi connectivity index (χ2n) is 3.68. The zero-order valence-corrected chi connectivity index (χ0v) is 8.00. The Bertz CT molecular complexity index is 301. The number of nitrogen functional groups attached to an aromatic ring is 1. The van der Waals surface area contributed by atoms with Gasteiger partial charge in [0.2, 0.25) is 0 Å². The molecule has 2 N–H and O–H groups in total. The summed E-state index contributed by atoms with van der Waals surface area (Å²) in [5, 5.41) is 0. The molecular weight excluding hydrogens is 181 g/mol. The molecule has 2 rings (SSSR count). The molecular formula is C11H14FNO. The maximum atomic E-state index is 13.3. The molecule has 0 saturated heterocycles. The summed E-state index contributed by atoms with van der Waals surface area (Å²) in [4.78, 5) is 0. The van der Waals surface area contributed by atoms with Crippen molar-refractivity contribution >= 4 is 5.69 Å². The third-order valence-corrected chi connectivity index (χ3v) is 2.58. The average molecular weight is 195 g/mol. The summed E-state index contributed by atoms with van der Waals surface area (Å²) in [5.74, 6) is -0.142. The van der Waals surface area contributed by atoms with E-state index >= 15 is 0 Å². The number of rotatable bonds is 2. The first-order valence-electron chi connectivity index (χ1n) is 4.98. The van der Waals surface area contributed by atoms with E-state index in [1.807, 2.05) is 0 Å². The number of hydrogen-bond donors (Lipinski definition) is 1. The van der Waals surface area contributed by atoms with Crippen molar-refractivity contribution in [2.45, 2.75) is 31.8 Å². The van der Waals surface area contributed by atoms with Gasteiger partial charge in [-0.25, -0.2) is 4.39 Å². The highest BCUT2D eigenvalue weighted by Gasteiger charge is 2.19. The van der Waals surface area contributed by atoms with Gasteiger partial charge in [0.25, 0.3) is 0 Å². The normalized spacial score (nSPS) is 17.2. The quantitative estimate of drug-likeness (QED) is 0.736. The predicted molar refractivity (Wildman–Crippen MR) is 53.7 cm³/mol. The zero-order chi connectivity index (χ0) is 9.97. The lowest BCUT2D eigenvalue weighted by atomic mass is 10.2. The Labute approximate surface area is 82.9 Å². The van der Waals surface area contributed by atoms with E-state index in [9.17, 15) is 4.39 Å². The Morgan fingerprint density at radius 1 is 1.29 bits per heavy atom. The maximum absolute atomic E-state index is 13.3. The van der Waals surface area contributed by atoms with Crippen LogP contribution in [0, 0.1) is 5.82 Å². The topological polar surface area (TPSA) is 35.2 Å². The fourth-order valence-corrected chi connectivity index (χ4v) is 1.82. The molecule has 0 atom stereocenters. The first kappa shape index (κ1) is 9.31. The highest BCUT2D eigenvalue weighted by molar-refractivity contribution is 5.52. The van der Waals surface area contributed by atoms with E-state index in [1.54, 1.807) is 12.1 Å². The van der Waals surface area contributed by atoms with Crippen LogP contribution in [0.15, 0.2) is 18.2 Å². The lowest BCUT2D eigenvalue weighted by molar-refractivity contribution is 0.202. The second kappa shape index (κ2) is 3.86. The molecule has 1 fully saturated rings. The van der Waals surface area contributed by atoms with E-state index < -0.39 is 0 Å². The average Bonchev–Trinajstić information content (AvgIpc) is 2.64. The zero-order valence-electron chi connectivity index (χ0n) is 8.00. The van der Waals surface area contributed by atoms with Crippen LogP contribution in [0.1, 0.15) is 25.7 Å². The summed E-state index contributed by atoms with van der Waals surface area (Å²) < 4.78 is 18.8. The molecule has 0 bridgehead atoms. The molecule has 0 spiro atoms. The van der Waals surface area contributed by atoms with Crippen LogP contribution in [0.3, 0.4) is 0 Å². The number of ether oxygens (including phenoxy) is 1. The fraction of sp³-hybridized carbons (Fsp3) is 0.455. The van der Waals surface area contributed by atoms with Gasteiger partial charge >= 0.3 is 0 Å². The summed E-state index contributed by atoms with van der Waals surface area (Å²) in [5.41, 5.74) is 6.02. The van der Waals surface area contributed by atoms with E-state index in [2.05, 4.69) is 0 Å². The minimum Gasteiger partial charge on any atom is -0.485 e. The SMILES string of the molecule is Nc1cccc(F)c1OC1CCCC1. The van der Waals surface area contributed by atoms with Gasteiger partial charge in [-0.15, -0.1) is 0 Å². The molecule has 3 heteroatoms. The summed E-state index contributed by atoms with van der Waals surface area (Å²) in [7, 11) is 0. The number of hydrogen-bond acceptors (Lipinski definition) is 2. The summed E-state index contributed by atoms with van der Waals surface area (Å²) in [6, 6.07) is 4.63. The van der Waals surface area contributed by atoms with E-state index in [0.29, 0.717) is 5.69 Å². The van der Waals surface area contributed by atoms with Crippen LogP contribution in [-0.2, 0) is 0 Å². The Morgan fingerprint density at radius 2 is 2.00 bits per heavy atom. The number of para-hydroxylation sites is 1. The van der Waals surface area contributed by atoms with Crippen LogP contribution in [-0.4, -0.2) is 6.10 Å². The lowest BCUT2D eigenvalue weighted by Gasteiger charge is -2.15. The molecule has 14 heavy (non-hydrogen) atoms. The van der Waals surface area contributed by atoms with Gasteiger partial charge in [-0.3, -0.25) is 0 Å². The van der Waals surface area contributed by atoms with E-state index in [0.717, 1.165) is 12.8 Å².